The molecule has 1 aromatic heterocycles. The summed E-state index contributed by atoms with van der Waals surface area (Å²) in [6.45, 7) is 1.66. The third-order valence-electron chi connectivity index (χ3n) is 3.26. The summed E-state index contributed by atoms with van der Waals surface area (Å²) >= 11 is 0. The Balaban J connectivity index is 2.02. The highest BCUT2D eigenvalue weighted by molar-refractivity contribution is 7.91. The van der Waals surface area contributed by atoms with Crippen LogP contribution in [-0.4, -0.2) is 29.9 Å². The Morgan fingerprint density at radius 1 is 1.25 bits per heavy atom. The molecule has 5 nitrogen and oxygen atoms in total. The first-order valence-electron chi connectivity index (χ1n) is 6.69. The third kappa shape index (κ3) is 3.74. The summed E-state index contributed by atoms with van der Waals surface area (Å²) in [5, 5.41) is 0. The van der Waals surface area contributed by atoms with Gasteiger partial charge in [-0.15, -0.1) is 0 Å². The van der Waals surface area contributed by atoms with Gasteiger partial charge >= 0.3 is 0 Å². The fraction of sp³-hybridized carbons (Fsp3) is 0.429. The molecule has 0 aliphatic rings. The van der Waals surface area contributed by atoms with E-state index in [-0.39, 0.29) is 17.5 Å². The smallest absolute Gasteiger partial charge is 0.150 e. The van der Waals surface area contributed by atoms with Crippen LogP contribution in [-0.2, 0) is 9.84 Å². The first kappa shape index (κ1) is 14.9. The van der Waals surface area contributed by atoms with Crippen molar-refractivity contribution in [2.75, 3.05) is 11.5 Å². The summed E-state index contributed by atoms with van der Waals surface area (Å²) in [6, 6.07) is 7.32. The van der Waals surface area contributed by atoms with Gasteiger partial charge in [-0.2, -0.15) is 0 Å². The van der Waals surface area contributed by atoms with Gasteiger partial charge in [0, 0.05) is 11.8 Å². The molecule has 1 aromatic carbocycles. The zero-order valence-electron chi connectivity index (χ0n) is 11.5. The van der Waals surface area contributed by atoms with Gasteiger partial charge in [0.1, 0.15) is 9.84 Å². The highest BCUT2D eigenvalue weighted by Crippen LogP contribution is 2.16. The van der Waals surface area contributed by atoms with Crippen molar-refractivity contribution >= 4 is 20.9 Å². The normalized spacial score (nSPS) is 13.5. The molecular formula is C14H19N3O2S. The first-order chi connectivity index (χ1) is 9.52. The van der Waals surface area contributed by atoms with Crippen LogP contribution >= 0.6 is 0 Å². The largest absolute Gasteiger partial charge is 0.323 e. The molecule has 0 saturated carbocycles. The lowest BCUT2D eigenvalue weighted by atomic mass is 10.1. The number of fused-ring (bicyclic) bond motifs is 1. The number of para-hydroxylation sites is 2. The number of hydrogen-bond acceptors (Lipinski definition) is 5. The van der Waals surface area contributed by atoms with E-state index < -0.39 is 9.84 Å². The van der Waals surface area contributed by atoms with E-state index in [1.54, 1.807) is 13.1 Å². The summed E-state index contributed by atoms with van der Waals surface area (Å²) < 4.78 is 22.8. The van der Waals surface area contributed by atoms with Gasteiger partial charge < -0.3 is 5.73 Å². The zero-order chi connectivity index (χ0) is 14.6. The molecule has 0 bridgehead atoms. The highest BCUT2D eigenvalue weighted by atomic mass is 32.2. The number of hydrogen-bond donors (Lipinski definition) is 1. The minimum atomic E-state index is -2.92. The number of nitrogens with zero attached hydrogens (tertiary/aromatic N) is 2. The van der Waals surface area contributed by atoms with Crippen LogP contribution in [0.1, 0.15) is 31.5 Å². The molecule has 2 N–H and O–H groups in total. The second kappa shape index (κ2) is 6.28. The Morgan fingerprint density at radius 3 is 2.65 bits per heavy atom. The standard InChI is InChI=1S/C14H19N3O2S/c1-2-20(18,19)9-5-6-11(15)14-10-16-12-7-3-4-8-13(12)17-14/h3-4,7-8,10-11H,2,5-6,9,15H2,1H3. The molecule has 20 heavy (non-hydrogen) atoms. The van der Waals surface area contributed by atoms with E-state index in [9.17, 15) is 8.42 Å². The van der Waals surface area contributed by atoms with Crippen LogP contribution in [0.2, 0.25) is 0 Å². The van der Waals surface area contributed by atoms with E-state index >= 15 is 0 Å². The van der Waals surface area contributed by atoms with Crippen molar-refractivity contribution in [3.05, 3.63) is 36.2 Å². The molecule has 0 fully saturated rings. The molecule has 0 amide bonds. The molecule has 108 valence electrons. The summed E-state index contributed by atoms with van der Waals surface area (Å²) in [6.07, 6.45) is 2.80. The van der Waals surface area contributed by atoms with E-state index in [4.69, 9.17) is 5.73 Å². The van der Waals surface area contributed by atoms with E-state index in [1.165, 1.54) is 0 Å². The average molecular weight is 293 g/mol. The van der Waals surface area contributed by atoms with Crippen molar-refractivity contribution in [2.24, 2.45) is 5.73 Å². The molecule has 2 rings (SSSR count). The van der Waals surface area contributed by atoms with Gasteiger partial charge in [-0.1, -0.05) is 19.1 Å². The lowest BCUT2D eigenvalue weighted by Crippen LogP contribution is -2.15. The van der Waals surface area contributed by atoms with Gasteiger partial charge in [0.05, 0.1) is 28.7 Å². The Labute approximate surface area is 119 Å². The van der Waals surface area contributed by atoms with Crippen LogP contribution in [0.5, 0.6) is 0 Å². The number of sulfone groups is 1. The number of benzene rings is 1. The fourth-order valence-corrected chi connectivity index (χ4v) is 2.86. The maximum absolute atomic E-state index is 11.4. The second-order valence-electron chi connectivity index (χ2n) is 4.77. The van der Waals surface area contributed by atoms with Crippen molar-refractivity contribution in [3.8, 4) is 0 Å². The van der Waals surface area contributed by atoms with Crippen LogP contribution in [0, 0.1) is 0 Å². The summed E-state index contributed by atoms with van der Waals surface area (Å²) in [4.78, 5) is 8.79. The van der Waals surface area contributed by atoms with Crippen molar-refractivity contribution in [1.82, 2.24) is 9.97 Å². The SMILES string of the molecule is CCS(=O)(=O)CCCC(N)c1cnc2ccccc2n1. The maximum atomic E-state index is 11.4. The molecule has 1 heterocycles. The molecule has 0 radical (unpaired) electrons. The van der Waals surface area contributed by atoms with Gasteiger partial charge in [0.15, 0.2) is 0 Å². The van der Waals surface area contributed by atoms with Crippen molar-refractivity contribution < 1.29 is 8.42 Å². The Hall–Kier alpha value is -1.53. The molecule has 1 unspecified atom stereocenters. The van der Waals surface area contributed by atoms with E-state index in [2.05, 4.69) is 9.97 Å². The van der Waals surface area contributed by atoms with E-state index in [0.717, 1.165) is 11.0 Å². The van der Waals surface area contributed by atoms with E-state index in [0.29, 0.717) is 18.5 Å². The number of rotatable bonds is 6. The molecular weight excluding hydrogens is 274 g/mol. The molecule has 1 atom stereocenters. The van der Waals surface area contributed by atoms with Crippen LogP contribution in [0.3, 0.4) is 0 Å². The first-order valence-corrected chi connectivity index (χ1v) is 8.51. The topological polar surface area (TPSA) is 85.9 Å². The van der Waals surface area contributed by atoms with Crippen LogP contribution in [0.15, 0.2) is 30.5 Å². The quantitative estimate of drug-likeness (QED) is 0.878. The van der Waals surface area contributed by atoms with Crippen LogP contribution in [0.4, 0.5) is 0 Å². The number of aromatic nitrogens is 2. The zero-order valence-corrected chi connectivity index (χ0v) is 12.3. The summed E-state index contributed by atoms with van der Waals surface area (Å²) in [5.74, 6) is 0.357. The molecule has 6 heteroatoms. The van der Waals surface area contributed by atoms with Crippen molar-refractivity contribution in [2.45, 2.75) is 25.8 Å². The predicted molar refractivity (Wildman–Crippen MR) is 80.0 cm³/mol. The van der Waals surface area contributed by atoms with Crippen molar-refractivity contribution in [3.63, 3.8) is 0 Å². The minimum absolute atomic E-state index is 0.179. The van der Waals surface area contributed by atoms with Crippen molar-refractivity contribution in [1.29, 1.82) is 0 Å². The molecule has 0 aliphatic heterocycles. The Kier molecular flexibility index (Phi) is 4.67. The van der Waals surface area contributed by atoms with Gasteiger partial charge in [-0.25, -0.2) is 13.4 Å². The van der Waals surface area contributed by atoms with Gasteiger partial charge in [-0.3, -0.25) is 4.98 Å². The van der Waals surface area contributed by atoms with Gasteiger partial charge in [0.25, 0.3) is 0 Å². The summed E-state index contributed by atoms with van der Waals surface area (Å²) in [5.41, 5.74) is 8.40. The Morgan fingerprint density at radius 2 is 1.95 bits per heavy atom. The van der Waals surface area contributed by atoms with Gasteiger partial charge in [-0.05, 0) is 25.0 Å². The average Bonchev–Trinajstić information content (AvgIpc) is 2.46. The second-order valence-corrected chi connectivity index (χ2v) is 7.24. The van der Waals surface area contributed by atoms with E-state index in [1.807, 2.05) is 24.3 Å². The predicted octanol–water partition coefficient (Wildman–Crippen LogP) is 1.84. The lowest BCUT2D eigenvalue weighted by Gasteiger charge is -2.11. The van der Waals surface area contributed by atoms with Gasteiger partial charge in [0.2, 0.25) is 0 Å². The van der Waals surface area contributed by atoms with Crippen LogP contribution < -0.4 is 5.73 Å². The maximum Gasteiger partial charge on any atom is 0.150 e. The minimum Gasteiger partial charge on any atom is -0.323 e. The molecule has 0 aliphatic carbocycles. The Bertz CT molecular complexity index is 686. The lowest BCUT2D eigenvalue weighted by molar-refractivity contribution is 0.580. The summed E-state index contributed by atoms with van der Waals surface area (Å²) in [7, 11) is -2.92. The fourth-order valence-electron chi connectivity index (χ4n) is 1.97. The monoisotopic (exact) mass is 293 g/mol. The number of nitrogens with two attached hydrogens (primary N) is 1. The molecule has 0 spiro atoms. The highest BCUT2D eigenvalue weighted by Gasteiger charge is 2.12. The van der Waals surface area contributed by atoms with Crippen LogP contribution in [0.25, 0.3) is 11.0 Å². The molecule has 2 aromatic rings. The third-order valence-corrected chi connectivity index (χ3v) is 5.05. The molecule has 0 saturated heterocycles.